The first-order valence-corrected chi connectivity index (χ1v) is 6.84. The minimum atomic E-state index is 0.108. The van der Waals surface area contributed by atoms with Crippen molar-refractivity contribution in [2.45, 2.75) is 19.8 Å². The topological polar surface area (TPSA) is 49.5 Å². The smallest absolute Gasteiger partial charge is 0.104 e. The lowest BCUT2D eigenvalue weighted by Crippen LogP contribution is -2.28. The third kappa shape index (κ3) is 4.12. The molecule has 1 aromatic carbocycles. The predicted molar refractivity (Wildman–Crippen MR) is 81.5 cm³/mol. The molecule has 0 bridgehead atoms. The van der Waals surface area contributed by atoms with Crippen LogP contribution in [0.4, 0.5) is 5.69 Å². The number of rotatable bonds is 7. The van der Waals surface area contributed by atoms with Gasteiger partial charge in [-0.15, -0.1) is 0 Å². The summed E-state index contributed by atoms with van der Waals surface area (Å²) in [5.41, 5.74) is 7.24. The number of hydrogen-bond acceptors (Lipinski definition) is 3. The van der Waals surface area contributed by atoms with E-state index in [9.17, 15) is 0 Å². The summed E-state index contributed by atoms with van der Waals surface area (Å²) in [6.07, 6.45) is 2.16. The SMILES string of the molecule is CCCCN(CCO)c1ccc(C(N)=S)cc1Cl. The Morgan fingerprint density at radius 2 is 2.17 bits per heavy atom. The quantitative estimate of drug-likeness (QED) is 0.757. The molecule has 18 heavy (non-hydrogen) atoms. The lowest BCUT2D eigenvalue weighted by atomic mass is 10.2. The van der Waals surface area contributed by atoms with E-state index in [1.807, 2.05) is 12.1 Å². The van der Waals surface area contributed by atoms with Gasteiger partial charge in [-0.1, -0.05) is 37.2 Å². The van der Waals surface area contributed by atoms with Crippen LogP contribution in [0.3, 0.4) is 0 Å². The first-order valence-electron chi connectivity index (χ1n) is 6.05. The molecule has 0 amide bonds. The maximum absolute atomic E-state index is 9.11. The molecule has 0 fully saturated rings. The number of halogens is 1. The van der Waals surface area contributed by atoms with Gasteiger partial charge < -0.3 is 15.7 Å². The van der Waals surface area contributed by atoms with E-state index in [4.69, 9.17) is 34.7 Å². The second kappa shape index (κ2) is 7.56. The second-order valence-corrected chi connectivity index (χ2v) is 4.94. The van der Waals surface area contributed by atoms with Gasteiger partial charge in [-0.05, 0) is 24.6 Å². The van der Waals surface area contributed by atoms with Crippen LogP contribution in [-0.2, 0) is 0 Å². The van der Waals surface area contributed by atoms with Crippen molar-refractivity contribution in [3.63, 3.8) is 0 Å². The Kier molecular flexibility index (Phi) is 6.39. The van der Waals surface area contributed by atoms with Crippen LogP contribution in [0, 0.1) is 0 Å². The van der Waals surface area contributed by atoms with E-state index in [-0.39, 0.29) is 6.61 Å². The van der Waals surface area contributed by atoms with Crippen molar-refractivity contribution in [2.75, 3.05) is 24.6 Å². The van der Waals surface area contributed by atoms with Crippen LogP contribution in [0.1, 0.15) is 25.3 Å². The number of benzene rings is 1. The number of hydrogen-bond donors (Lipinski definition) is 2. The van der Waals surface area contributed by atoms with Gasteiger partial charge in [-0.25, -0.2) is 0 Å². The van der Waals surface area contributed by atoms with Gasteiger partial charge in [0.05, 0.1) is 17.3 Å². The number of nitrogens with two attached hydrogens (primary N) is 1. The molecule has 0 atom stereocenters. The number of aliphatic hydroxyl groups is 1. The van der Waals surface area contributed by atoms with Gasteiger partial charge in [0, 0.05) is 18.7 Å². The van der Waals surface area contributed by atoms with Gasteiger partial charge in [-0.3, -0.25) is 0 Å². The van der Waals surface area contributed by atoms with Crippen molar-refractivity contribution in [3.05, 3.63) is 28.8 Å². The standard InChI is InChI=1S/C13H19ClN2OS/c1-2-3-6-16(7-8-17)12-5-4-10(13(15)18)9-11(12)14/h4-5,9,17H,2-3,6-8H2,1H3,(H2,15,18). The summed E-state index contributed by atoms with van der Waals surface area (Å²) in [6, 6.07) is 5.54. The molecule has 0 spiro atoms. The van der Waals surface area contributed by atoms with Crippen LogP contribution in [0.5, 0.6) is 0 Å². The number of thiocarbonyl (C=S) groups is 1. The summed E-state index contributed by atoms with van der Waals surface area (Å²) in [4.78, 5) is 2.42. The van der Waals surface area contributed by atoms with Gasteiger partial charge >= 0.3 is 0 Å². The Morgan fingerprint density at radius 1 is 1.44 bits per heavy atom. The van der Waals surface area contributed by atoms with Crippen molar-refractivity contribution in [1.29, 1.82) is 0 Å². The van der Waals surface area contributed by atoms with E-state index in [1.54, 1.807) is 6.07 Å². The number of nitrogens with zero attached hydrogens (tertiary/aromatic N) is 1. The monoisotopic (exact) mass is 286 g/mol. The molecule has 0 unspecified atom stereocenters. The molecule has 0 aromatic heterocycles. The molecule has 0 aliphatic carbocycles. The highest BCUT2D eigenvalue weighted by Gasteiger charge is 2.10. The molecule has 3 N–H and O–H groups in total. The van der Waals surface area contributed by atoms with Gasteiger partial charge in [0.2, 0.25) is 0 Å². The van der Waals surface area contributed by atoms with Crippen molar-refractivity contribution in [2.24, 2.45) is 5.73 Å². The minimum Gasteiger partial charge on any atom is -0.395 e. The van der Waals surface area contributed by atoms with Crippen molar-refractivity contribution < 1.29 is 5.11 Å². The maximum atomic E-state index is 9.11. The molecule has 1 rings (SSSR count). The van der Waals surface area contributed by atoms with Crippen molar-refractivity contribution in [3.8, 4) is 0 Å². The fourth-order valence-corrected chi connectivity index (χ4v) is 2.17. The molecule has 0 radical (unpaired) electrons. The van der Waals surface area contributed by atoms with Crippen LogP contribution in [0.25, 0.3) is 0 Å². The molecule has 0 aliphatic heterocycles. The lowest BCUT2D eigenvalue weighted by Gasteiger charge is -2.25. The van der Waals surface area contributed by atoms with Crippen LogP contribution in [-0.4, -0.2) is 29.8 Å². The average molecular weight is 287 g/mol. The van der Waals surface area contributed by atoms with Crippen LogP contribution < -0.4 is 10.6 Å². The van der Waals surface area contributed by atoms with Crippen molar-refractivity contribution >= 4 is 34.5 Å². The Balaban J connectivity index is 2.93. The minimum absolute atomic E-state index is 0.108. The summed E-state index contributed by atoms with van der Waals surface area (Å²) >= 11 is 11.2. The molecule has 0 saturated carbocycles. The largest absolute Gasteiger partial charge is 0.395 e. The molecule has 3 nitrogen and oxygen atoms in total. The Bertz CT molecular complexity index is 412. The molecule has 0 heterocycles. The van der Waals surface area contributed by atoms with Crippen LogP contribution in [0.15, 0.2) is 18.2 Å². The summed E-state index contributed by atoms with van der Waals surface area (Å²) in [5, 5.41) is 9.72. The average Bonchev–Trinajstić information content (AvgIpc) is 2.34. The Hall–Kier alpha value is -0.840. The van der Waals surface area contributed by atoms with Crippen molar-refractivity contribution in [1.82, 2.24) is 0 Å². The van der Waals surface area contributed by atoms with E-state index < -0.39 is 0 Å². The predicted octanol–water partition coefficient (Wildman–Crippen LogP) is 2.57. The molecule has 0 saturated heterocycles. The molecule has 100 valence electrons. The molecule has 0 aliphatic rings. The zero-order valence-electron chi connectivity index (χ0n) is 10.5. The third-order valence-electron chi connectivity index (χ3n) is 2.72. The zero-order valence-corrected chi connectivity index (χ0v) is 12.1. The summed E-state index contributed by atoms with van der Waals surface area (Å²) in [6.45, 7) is 3.70. The molecular formula is C13H19ClN2OS. The highest BCUT2D eigenvalue weighted by atomic mass is 35.5. The van der Waals surface area contributed by atoms with E-state index in [2.05, 4.69) is 11.8 Å². The van der Waals surface area contributed by atoms with E-state index >= 15 is 0 Å². The summed E-state index contributed by atoms with van der Waals surface area (Å²) in [7, 11) is 0. The lowest BCUT2D eigenvalue weighted by molar-refractivity contribution is 0.301. The van der Waals surface area contributed by atoms with Gasteiger partial charge in [-0.2, -0.15) is 0 Å². The number of anilines is 1. The molecule has 1 aromatic rings. The Morgan fingerprint density at radius 3 is 2.67 bits per heavy atom. The highest BCUT2D eigenvalue weighted by Crippen LogP contribution is 2.27. The highest BCUT2D eigenvalue weighted by molar-refractivity contribution is 7.80. The van der Waals surface area contributed by atoms with E-state index in [0.29, 0.717) is 16.6 Å². The first-order chi connectivity index (χ1) is 8.60. The van der Waals surface area contributed by atoms with Crippen LogP contribution in [0.2, 0.25) is 5.02 Å². The number of unbranched alkanes of at least 4 members (excludes halogenated alkanes) is 1. The second-order valence-electron chi connectivity index (χ2n) is 4.09. The van der Waals surface area contributed by atoms with Gasteiger partial charge in [0.15, 0.2) is 0 Å². The fourth-order valence-electron chi connectivity index (χ4n) is 1.74. The molecular weight excluding hydrogens is 268 g/mol. The van der Waals surface area contributed by atoms with Gasteiger partial charge in [0.1, 0.15) is 4.99 Å². The molecule has 5 heteroatoms. The normalized spacial score (nSPS) is 10.4. The first kappa shape index (κ1) is 15.2. The summed E-state index contributed by atoms with van der Waals surface area (Å²) < 4.78 is 0. The third-order valence-corrected chi connectivity index (χ3v) is 3.26. The number of aliphatic hydroxyl groups excluding tert-OH is 1. The fraction of sp³-hybridized carbons (Fsp3) is 0.462. The Labute approximate surface area is 119 Å². The maximum Gasteiger partial charge on any atom is 0.104 e. The van der Waals surface area contributed by atoms with E-state index in [0.717, 1.165) is 30.6 Å². The van der Waals surface area contributed by atoms with Crippen LogP contribution >= 0.6 is 23.8 Å². The van der Waals surface area contributed by atoms with Gasteiger partial charge in [0.25, 0.3) is 0 Å². The summed E-state index contributed by atoms with van der Waals surface area (Å²) in [5.74, 6) is 0. The zero-order chi connectivity index (χ0) is 13.5. The van der Waals surface area contributed by atoms with E-state index in [1.165, 1.54) is 0 Å².